The number of rotatable bonds is 0. The molecule has 2 nitrogen and oxygen atoms in total. The first-order valence-electron chi connectivity index (χ1n) is 0.742. The summed E-state index contributed by atoms with van der Waals surface area (Å²) >= 11 is 0. The smallest absolute Gasteiger partial charge is 0.424 e. The molecule has 4 heteroatoms. The molecule has 0 aromatic carbocycles. The van der Waals surface area contributed by atoms with Gasteiger partial charge < -0.3 is 8.42 Å². The van der Waals surface area contributed by atoms with Crippen LogP contribution >= 0.6 is 0 Å². The minimum atomic E-state index is -1.86. The van der Waals surface area contributed by atoms with Crippen molar-refractivity contribution in [3.05, 3.63) is 0 Å². The molecule has 0 heterocycles. The summed E-state index contributed by atoms with van der Waals surface area (Å²) in [5.41, 5.74) is 0. The summed E-state index contributed by atoms with van der Waals surface area (Å²) in [6.45, 7) is 0. The largest absolute Gasteiger partial charge is 1.00 e. The third kappa shape index (κ3) is 98.5. The van der Waals surface area contributed by atoms with Gasteiger partial charge in [-0.3, -0.25) is 0 Å². The van der Waals surface area contributed by atoms with E-state index in [2.05, 4.69) is 0 Å². The fourth-order valence-electron chi connectivity index (χ4n) is 0. The van der Waals surface area contributed by atoms with E-state index in [1.165, 1.54) is 0 Å². The summed E-state index contributed by atoms with van der Waals surface area (Å²) in [4.78, 5) is 0. The molecule has 0 aromatic rings. The molecule has 0 atom stereocenters. The monoisotopic (exact) mass is 86.0 g/mol. The Morgan fingerprint density at radius 1 is 1.40 bits per heavy atom. The molecule has 0 amide bonds. The van der Waals surface area contributed by atoms with E-state index in [4.69, 9.17) is 8.42 Å². The van der Waals surface area contributed by atoms with E-state index in [1.54, 1.807) is 0 Å². The van der Waals surface area contributed by atoms with Crippen LogP contribution in [0.25, 0.3) is 0 Å². The third-order valence-electron chi connectivity index (χ3n) is 0. The maximum atomic E-state index is 9.00. The summed E-state index contributed by atoms with van der Waals surface area (Å²) in [5, 5.41) is 0. The van der Waals surface area contributed by atoms with Crippen LogP contribution < -0.4 is 18.9 Å². The van der Waals surface area contributed by atoms with Crippen LogP contribution in [0.3, 0.4) is 0 Å². The van der Waals surface area contributed by atoms with Crippen LogP contribution in [0.15, 0.2) is 0 Å². The van der Waals surface area contributed by atoms with Crippen LogP contribution in [0.2, 0.25) is 0 Å². The van der Waals surface area contributed by atoms with Gasteiger partial charge in [-0.1, -0.05) is 17.0 Å². The van der Waals surface area contributed by atoms with Gasteiger partial charge in [-0.2, -0.15) is 0 Å². The van der Waals surface area contributed by atoms with E-state index < -0.39 is 10.7 Å². The number of hydrogen-bond donors (Lipinski definition) is 0. The molecule has 0 aliphatic heterocycles. The Kier molecular flexibility index (Phi) is 8.29. The van der Waals surface area contributed by atoms with Gasteiger partial charge in [-0.15, -0.1) is 0 Å². The van der Waals surface area contributed by atoms with E-state index in [9.17, 15) is 0 Å². The SMILES string of the molecule is C[S-](=O)=O.[Li+]. The zero-order valence-electron chi connectivity index (χ0n) is 3.22. The summed E-state index contributed by atoms with van der Waals surface area (Å²) in [6, 6.07) is 0. The van der Waals surface area contributed by atoms with Crippen LogP contribution in [0.5, 0.6) is 0 Å². The van der Waals surface area contributed by atoms with Crippen LogP contribution in [0, 0.1) is 0 Å². The van der Waals surface area contributed by atoms with Crippen molar-refractivity contribution in [3.8, 4) is 0 Å². The molecule has 0 spiro atoms. The Labute approximate surface area is 44.7 Å². The first-order chi connectivity index (χ1) is 1.73. The quantitative estimate of drug-likeness (QED) is 0.231. The van der Waals surface area contributed by atoms with Crippen molar-refractivity contribution in [2.75, 3.05) is 6.26 Å². The molecular formula is CH3LiO2S. The van der Waals surface area contributed by atoms with Gasteiger partial charge in [0.25, 0.3) is 0 Å². The first-order valence-corrected chi connectivity index (χ1v) is 2.22. The predicted octanol–water partition coefficient (Wildman–Crippen LogP) is -3.07. The second kappa shape index (κ2) is 4.55. The fourth-order valence-corrected chi connectivity index (χ4v) is 0. The molecule has 0 saturated carbocycles. The first kappa shape index (κ1) is 9.12. The molecule has 0 rings (SSSR count). The maximum absolute atomic E-state index is 9.00. The molecule has 5 heavy (non-hydrogen) atoms. The molecule has 0 aliphatic carbocycles. The van der Waals surface area contributed by atoms with Crippen molar-refractivity contribution in [2.24, 2.45) is 0 Å². The summed E-state index contributed by atoms with van der Waals surface area (Å²) < 4.78 is 18.0. The third-order valence-corrected chi connectivity index (χ3v) is 0. The van der Waals surface area contributed by atoms with Crippen molar-refractivity contribution in [1.29, 1.82) is 0 Å². The zero-order valence-corrected chi connectivity index (χ0v) is 4.04. The standard InChI is InChI=1S/CH3O2S.Li/c1-4(2)3;/h1H3;/q-1;+1. The minimum Gasteiger partial charge on any atom is -0.424 e. The van der Waals surface area contributed by atoms with Crippen LogP contribution in [0.4, 0.5) is 0 Å². The van der Waals surface area contributed by atoms with E-state index in [0.29, 0.717) is 0 Å². The van der Waals surface area contributed by atoms with Crippen molar-refractivity contribution in [2.45, 2.75) is 0 Å². The Morgan fingerprint density at radius 2 is 1.40 bits per heavy atom. The van der Waals surface area contributed by atoms with Gasteiger partial charge in [0.15, 0.2) is 0 Å². The van der Waals surface area contributed by atoms with Gasteiger partial charge in [0.2, 0.25) is 0 Å². The van der Waals surface area contributed by atoms with Gasteiger partial charge in [0, 0.05) is 0 Å². The molecule has 0 unspecified atom stereocenters. The zero-order chi connectivity index (χ0) is 3.58. The van der Waals surface area contributed by atoms with Gasteiger partial charge in [0.1, 0.15) is 0 Å². The predicted molar refractivity (Wildman–Crippen MR) is 14.7 cm³/mol. The molecule has 0 fully saturated rings. The summed E-state index contributed by atoms with van der Waals surface area (Å²) in [6.07, 6.45) is 1.08. The van der Waals surface area contributed by atoms with Gasteiger partial charge >= 0.3 is 18.9 Å². The molecule has 0 radical (unpaired) electrons. The minimum absolute atomic E-state index is 0. The molecule has 0 N–H and O–H groups in total. The summed E-state index contributed by atoms with van der Waals surface area (Å²) in [7, 11) is -1.86. The van der Waals surface area contributed by atoms with Gasteiger partial charge in [-0.05, 0) is 0 Å². The van der Waals surface area contributed by atoms with Crippen molar-refractivity contribution < 1.29 is 27.3 Å². The van der Waals surface area contributed by atoms with E-state index in [-0.39, 0.29) is 18.9 Å². The van der Waals surface area contributed by atoms with Crippen LogP contribution in [-0.4, -0.2) is 6.26 Å². The van der Waals surface area contributed by atoms with Gasteiger partial charge in [-0.25, -0.2) is 0 Å². The molecule has 0 bridgehead atoms. The Hall–Kier alpha value is 0.547. The van der Waals surface area contributed by atoms with Crippen molar-refractivity contribution in [3.63, 3.8) is 0 Å². The fraction of sp³-hybridized carbons (Fsp3) is 1.00. The molecule has 0 aliphatic rings. The van der Waals surface area contributed by atoms with E-state index >= 15 is 0 Å². The van der Waals surface area contributed by atoms with Crippen molar-refractivity contribution >= 4 is 10.7 Å². The molecular weight excluding hydrogens is 83.0 g/mol. The Balaban J connectivity index is 0. The van der Waals surface area contributed by atoms with Crippen molar-refractivity contribution in [1.82, 2.24) is 0 Å². The second-order valence-electron chi connectivity index (χ2n) is 0.401. The Bertz CT molecular complexity index is 58.0. The number of hydrogen-bond acceptors (Lipinski definition) is 3. The average molecular weight is 86.0 g/mol. The second-order valence-corrected chi connectivity index (χ2v) is 1.20. The molecule has 26 valence electrons. The Morgan fingerprint density at radius 3 is 1.40 bits per heavy atom. The topological polar surface area (TPSA) is 34.1 Å². The van der Waals surface area contributed by atoms with Crippen LogP contribution in [0.1, 0.15) is 0 Å². The average Bonchev–Trinajstić information content (AvgIpc) is 0.811. The molecule has 0 saturated heterocycles. The van der Waals surface area contributed by atoms with Crippen LogP contribution in [-0.2, 0) is 19.1 Å². The summed E-state index contributed by atoms with van der Waals surface area (Å²) in [5.74, 6) is 0. The normalized spacial score (nSPS) is 6.80. The maximum Gasteiger partial charge on any atom is 1.00 e. The molecule has 0 aromatic heterocycles. The van der Waals surface area contributed by atoms with E-state index in [0.717, 1.165) is 6.26 Å². The van der Waals surface area contributed by atoms with Gasteiger partial charge in [0.05, 0.1) is 0 Å². The van der Waals surface area contributed by atoms with E-state index in [1.807, 2.05) is 0 Å².